The Morgan fingerprint density at radius 1 is 1.14 bits per heavy atom. The second kappa shape index (κ2) is 10.7. The second-order valence-corrected chi connectivity index (χ2v) is 8.62. The van der Waals surface area contributed by atoms with Gasteiger partial charge in [0.2, 0.25) is 0 Å². The Hall–Kier alpha value is -3.63. The Balaban J connectivity index is 1.85. The lowest BCUT2D eigenvalue weighted by molar-refractivity contribution is -0.140. The molecule has 1 atom stereocenters. The molecule has 2 amide bonds. The first kappa shape index (κ1) is 24.5. The maximum absolute atomic E-state index is 13.1. The molecule has 1 aliphatic rings. The molecule has 0 fully saturated rings. The molecule has 3 aromatic rings. The van der Waals surface area contributed by atoms with Crippen LogP contribution in [0.3, 0.4) is 0 Å². The van der Waals surface area contributed by atoms with Gasteiger partial charge in [-0.1, -0.05) is 18.2 Å². The second-order valence-electron chi connectivity index (χ2n) is 7.76. The smallest absolute Gasteiger partial charge is 0.338 e. The van der Waals surface area contributed by atoms with Gasteiger partial charge in [0.25, 0.3) is 0 Å². The summed E-state index contributed by atoms with van der Waals surface area (Å²) in [5, 5.41) is 10.4. The predicted molar refractivity (Wildman–Crippen MR) is 133 cm³/mol. The monoisotopic (exact) mass is 540 g/mol. The van der Waals surface area contributed by atoms with Crippen molar-refractivity contribution in [2.24, 2.45) is 0 Å². The summed E-state index contributed by atoms with van der Waals surface area (Å²) in [5.41, 5.74) is 3.55. The van der Waals surface area contributed by atoms with Gasteiger partial charge in [-0.15, -0.1) is 0 Å². The third-order valence-corrected chi connectivity index (χ3v) is 6.13. The van der Waals surface area contributed by atoms with E-state index in [2.05, 4.69) is 26.6 Å². The highest BCUT2D eigenvalue weighted by molar-refractivity contribution is 9.10. The number of urea groups is 1. The van der Waals surface area contributed by atoms with Crippen molar-refractivity contribution in [2.75, 3.05) is 27.4 Å². The lowest BCUT2D eigenvalue weighted by Gasteiger charge is -2.28. The molecule has 2 heterocycles. The molecule has 4 rings (SSSR count). The number of methoxy groups -OCH3 is 2. The molecule has 1 aromatic heterocycles. The van der Waals surface area contributed by atoms with Crippen molar-refractivity contribution in [1.82, 2.24) is 20.4 Å². The lowest BCUT2D eigenvalue weighted by atomic mass is 9.94. The van der Waals surface area contributed by atoms with Crippen LogP contribution in [0.15, 0.2) is 70.5 Å². The number of carbonyl (C=O) groups is 2. The maximum atomic E-state index is 13.1. The first-order valence-corrected chi connectivity index (χ1v) is 11.7. The van der Waals surface area contributed by atoms with Crippen LogP contribution in [0, 0.1) is 0 Å². The van der Waals surface area contributed by atoms with Crippen LogP contribution >= 0.6 is 15.9 Å². The van der Waals surface area contributed by atoms with Gasteiger partial charge >= 0.3 is 12.0 Å². The molecule has 0 radical (unpaired) electrons. The fraction of sp³-hybridized carbons (Fsp3) is 0.240. The highest BCUT2D eigenvalue weighted by atomic mass is 79.9. The first-order valence-electron chi connectivity index (χ1n) is 10.9. The number of hydrogen-bond donors (Lipinski definition) is 2. The summed E-state index contributed by atoms with van der Waals surface area (Å²) in [6, 6.07) is 14.0. The lowest BCUT2D eigenvalue weighted by Crippen LogP contribution is -2.45. The van der Waals surface area contributed by atoms with E-state index in [4.69, 9.17) is 19.3 Å². The highest BCUT2D eigenvalue weighted by Crippen LogP contribution is 2.37. The SMILES string of the molecule is COCCOC(=O)C1=C(C)NC(=O)N[C@@H]1c1cn(-c2ccccc2)nc1-c1ccc(OC)c(Br)c1. The molecular weight excluding hydrogens is 516 g/mol. The fourth-order valence-corrected chi connectivity index (χ4v) is 4.38. The van der Waals surface area contributed by atoms with Gasteiger partial charge in [0.05, 0.1) is 41.2 Å². The number of aromatic nitrogens is 2. The molecule has 2 aromatic carbocycles. The zero-order valence-corrected chi connectivity index (χ0v) is 21.1. The van der Waals surface area contributed by atoms with Crippen LogP contribution in [-0.2, 0) is 14.3 Å². The Morgan fingerprint density at radius 3 is 2.60 bits per heavy atom. The molecule has 0 unspecified atom stereocenters. The molecular formula is C25H25BrN4O5. The van der Waals surface area contributed by atoms with Gasteiger partial charge in [0.1, 0.15) is 12.4 Å². The quantitative estimate of drug-likeness (QED) is 0.329. The largest absolute Gasteiger partial charge is 0.496 e. The zero-order valence-electron chi connectivity index (χ0n) is 19.5. The van der Waals surface area contributed by atoms with Crippen LogP contribution < -0.4 is 15.4 Å². The van der Waals surface area contributed by atoms with Crippen LogP contribution in [0.1, 0.15) is 18.5 Å². The van der Waals surface area contributed by atoms with Crippen LogP contribution in [0.2, 0.25) is 0 Å². The van der Waals surface area contributed by atoms with Gasteiger partial charge in [-0.05, 0) is 53.2 Å². The normalized spacial score (nSPS) is 15.4. The number of allylic oxidation sites excluding steroid dienone is 1. The molecule has 0 aliphatic carbocycles. The summed E-state index contributed by atoms with van der Waals surface area (Å²) >= 11 is 3.53. The standard InChI is InChI=1S/C25H25BrN4O5/c1-15-21(24(31)35-12-11-33-2)23(28-25(32)27-15)18-14-30(17-7-5-4-6-8-17)29-22(18)16-9-10-20(34-3)19(26)13-16/h4-10,13-14,23H,11-12H2,1-3H3,(H2,27,28,32)/t23-/m1/s1. The minimum atomic E-state index is -0.785. The summed E-state index contributed by atoms with van der Waals surface area (Å²) in [7, 11) is 3.12. The minimum absolute atomic E-state index is 0.0916. The van der Waals surface area contributed by atoms with E-state index < -0.39 is 18.0 Å². The summed E-state index contributed by atoms with van der Waals surface area (Å²) in [4.78, 5) is 25.5. The van der Waals surface area contributed by atoms with Crippen molar-refractivity contribution in [3.05, 3.63) is 76.0 Å². The van der Waals surface area contributed by atoms with Gasteiger partial charge in [-0.25, -0.2) is 14.3 Å². The van der Waals surface area contributed by atoms with Crippen LogP contribution in [0.4, 0.5) is 4.79 Å². The molecule has 10 heteroatoms. The first-order chi connectivity index (χ1) is 16.9. The van der Waals surface area contributed by atoms with Crippen LogP contribution in [-0.4, -0.2) is 49.2 Å². The molecule has 0 bridgehead atoms. The van der Waals surface area contributed by atoms with Gasteiger partial charge in [-0.2, -0.15) is 5.10 Å². The van der Waals surface area contributed by atoms with E-state index in [0.29, 0.717) is 28.3 Å². The average molecular weight is 541 g/mol. The summed E-state index contributed by atoms with van der Waals surface area (Å²) in [5.74, 6) is 0.123. The van der Waals surface area contributed by atoms with E-state index in [1.54, 1.807) is 18.7 Å². The topological polar surface area (TPSA) is 104 Å². The van der Waals surface area contributed by atoms with Crippen molar-refractivity contribution in [1.29, 1.82) is 0 Å². The van der Waals surface area contributed by atoms with Crippen molar-refractivity contribution >= 4 is 27.9 Å². The molecule has 2 N–H and O–H groups in total. The molecule has 0 spiro atoms. The van der Waals surface area contributed by atoms with Crippen molar-refractivity contribution in [3.63, 3.8) is 0 Å². The third-order valence-electron chi connectivity index (χ3n) is 5.51. The van der Waals surface area contributed by atoms with Gasteiger partial charge in [0.15, 0.2) is 0 Å². The van der Waals surface area contributed by atoms with Gasteiger partial charge in [-0.3, -0.25) is 0 Å². The number of esters is 1. The number of carbonyl (C=O) groups excluding carboxylic acids is 2. The molecule has 0 saturated heterocycles. The Morgan fingerprint density at radius 2 is 1.91 bits per heavy atom. The molecule has 9 nitrogen and oxygen atoms in total. The number of ether oxygens (including phenoxy) is 3. The number of para-hydroxylation sites is 1. The summed E-state index contributed by atoms with van der Waals surface area (Å²) in [6.45, 7) is 2.03. The fourth-order valence-electron chi connectivity index (χ4n) is 3.84. The van der Waals surface area contributed by atoms with Gasteiger partial charge < -0.3 is 24.8 Å². The highest BCUT2D eigenvalue weighted by Gasteiger charge is 2.35. The average Bonchev–Trinajstić information content (AvgIpc) is 3.29. The Labute approximate surface area is 211 Å². The van der Waals surface area contributed by atoms with Crippen molar-refractivity contribution in [3.8, 4) is 22.7 Å². The van der Waals surface area contributed by atoms with E-state index in [1.807, 2.05) is 54.7 Å². The number of hydrogen-bond acceptors (Lipinski definition) is 6. The van der Waals surface area contributed by atoms with E-state index in [1.165, 1.54) is 7.11 Å². The number of benzene rings is 2. The van der Waals surface area contributed by atoms with Crippen LogP contribution in [0.5, 0.6) is 5.75 Å². The van der Waals surface area contributed by atoms with E-state index >= 15 is 0 Å². The maximum Gasteiger partial charge on any atom is 0.338 e. The Bertz CT molecular complexity index is 1270. The number of nitrogens with one attached hydrogen (secondary N) is 2. The third kappa shape index (κ3) is 5.23. The summed E-state index contributed by atoms with van der Waals surface area (Å²) in [6.07, 6.45) is 1.81. The summed E-state index contributed by atoms with van der Waals surface area (Å²) < 4.78 is 18.2. The van der Waals surface area contributed by atoms with Crippen molar-refractivity contribution < 1.29 is 23.8 Å². The number of rotatable bonds is 8. The van der Waals surface area contributed by atoms with Gasteiger partial charge in [0, 0.05) is 30.1 Å². The number of halogens is 1. The van der Waals surface area contributed by atoms with E-state index in [0.717, 1.165) is 15.7 Å². The molecule has 35 heavy (non-hydrogen) atoms. The molecule has 1 aliphatic heterocycles. The number of nitrogens with zero attached hydrogens (tertiary/aromatic N) is 2. The van der Waals surface area contributed by atoms with Crippen molar-refractivity contribution in [2.45, 2.75) is 13.0 Å². The minimum Gasteiger partial charge on any atom is -0.496 e. The molecule has 0 saturated carbocycles. The zero-order chi connectivity index (χ0) is 24.9. The Kier molecular flexibility index (Phi) is 7.52. The van der Waals surface area contributed by atoms with Crippen LogP contribution in [0.25, 0.3) is 16.9 Å². The number of amides is 2. The molecule has 182 valence electrons. The van der Waals surface area contributed by atoms with E-state index in [-0.39, 0.29) is 13.2 Å². The van der Waals surface area contributed by atoms with E-state index in [9.17, 15) is 9.59 Å². The predicted octanol–water partition coefficient (Wildman–Crippen LogP) is 4.13.